The monoisotopic (exact) mass is 420 g/mol. The van der Waals surface area contributed by atoms with Crippen LogP contribution in [0.15, 0.2) is 77.7 Å². The molecule has 0 aliphatic rings. The lowest BCUT2D eigenvalue weighted by molar-refractivity contribution is 0.609. The van der Waals surface area contributed by atoms with Crippen LogP contribution in [-0.4, -0.2) is 15.0 Å². The molecule has 32 heavy (non-hydrogen) atoms. The van der Waals surface area contributed by atoms with Crippen LogP contribution in [0, 0.1) is 18.3 Å². The minimum atomic E-state index is 0.463. The van der Waals surface area contributed by atoms with Gasteiger partial charge in [0.1, 0.15) is 11.4 Å². The number of nitriles is 1. The first-order valence-corrected chi connectivity index (χ1v) is 10.2. The Morgan fingerprint density at radius 1 is 1.06 bits per heavy atom. The summed E-state index contributed by atoms with van der Waals surface area (Å²) in [6, 6.07) is 19.2. The number of anilines is 4. The number of fused-ring (bicyclic) bond motifs is 1. The molecule has 2 aromatic carbocycles. The summed E-state index contributed by atoms with van der Waals surface area (Å²) in [4.78, 5) is 12.1. The SMILES string of the molecule is Cc1c(Nc2ccnc(Nc3ccc(C#N)cc3)n2)ccc2c(Cc3ccc[nH]3)coc12. The van der Waals surface area contributed by atoms with Crippen LogP contribution in [0.3, 0.4) is 0 Å². The molecule has 0 saturated heterocycles. The summed E-state index contributed by atoms with van der Waals surface area (Å²) in [5.41, 5.74) is 6.50. The van der Waals surface area contributed by atoms with Gasteiger partial charge in [-0.3, -0.25) is 0 Å². The van der Waals surface area contributed by atoms with Gasteiger partial charge in [-0.2, -0.15) is 10.2 Å². The van der Waals surface area contributed by atoms with Crippen molar-refractivity contribution in [2.75, 3.05) is 10.6 Å². The van der Waals surface area contributed by atoms with Crippen LogP contribution in [0.5, 0.6) is 0 Å². The Bertz CT molecular complexity index is 1410. The number of H-pyrrole nitrogens is 1. The molecule has 3 heterocycles. The molecule has 0 saturated carbocycles. The zero-order chi connectivity index (χ0) is 21.9. The second-order valence-corrected chi connectivity index (χ2v) is 7.45. The van der Waals surface area contributed by atoms with Crippen molar-refractivity contribution in [3.63, 3.8) is 0 Å². The topological polar surface area (TPSA) is 103 Å². The van der Waals surface area contributed by atoms with Crippen LogP contribution >= 0.6 is 0 Å². The van der Waals surface area contributed by atoms with Crippen molar-refractivity contribution in [3.8, 4) is 6.07 Å². The molecule has 0 bridgehead atoms. The number of aromatic nitrogens is 3. The van der Waals surface area contributed by atoms with E-state index in [1.807, 2.05) is 49.7 Å². The van der Waals surface area contributed by atoms with E-state index in [4.69, 9.17) is 9.68 Å². The zero-order valence-electron chi connectivity index (χ0n) is 17.4. The van der Waals surface area contributed by atoms with E-state index in [0.29, 0.717) is 17.3 Å². The normalized spacial score (nSPS) is 10.8. The largest absolute Gasteiger partial charge is 0.464 e. The first-order valence-electron chi connectivity index (χ1n) is 10.2. The number of rotatable bonds is 6. The Morgan fingerprint density at radius 2 is 1.94 bits per heavy atom. The maximum absolute atomic E-state index is 8.93. The van der Waals surface area contributed by atoms with Gasteiger partial charge in [-0.15, -0.1) is 0 Å². The van der Waals surface area contributed by atoms with E-state index in [1.54, 1.807) is 18.3 Å². The summed E-state index contributed by atoms with van der Waals surface area (Å²) in [5, 5.41) is 16.6. The fourth-order valence-corrected chi connectivity index (χ4v) is 3.63. The average molecular weight is 420 g/mol. The highest BCUT2D eigenvalue weighted by molar-refractivity contribution is 5.89. The third-order valence-electron chi connectivity index (χ3n) is 5.30. The minimum absolute atomic E-state index is 0.463. The maximum atomic E-state index is 8.93. The fraction of sp³-hybridized carbons (Fsp3) is 0.0800. The van der Waals surface area contributed by atoms with Gasteiger partial charge >= 0.3 is 0 Å². The summed E-state index contributed by atoms with van der Waals surface area (Å²) < 4.78 is 5.91. The number of nitrogens with one attached hydrogen (secondary N) is 3. The highest BCUT2D eigenvalue weighted by Gasteiger charge is 2.13. The molecule has 7 nitrogen and oxygen atoms in total. The number of benzene rings is 2. The van der Waals surface area contributed by atoms with Gasteiger partial charge in [-0.1, -0.05) is 0 Å². The quantitative estimate of drug-likeness (QED) is 0.320. The second kappa shape index (κ2) is 8.28. The molecule has 0 fully saturated rings. The molecule has 3 aromatic heterocycles. The molecule has 0 radical (unpaired) electrons. The van der Waals surface area contributed by atoms with Gasteiger partial charge in [0.2, 0.25) is 5.95 Å². The van der Waals surface area contributed by atoms with Crippen molar-refractivity contribution < 1.29 is 4.42 Å². The molecule has 0 unspecified atom stereocenters. The molecule has 3 N–H and O–H groups in total. The molecule has 0 aliphatic heterocycles. The Labute approximate surface area is 184 Å². The predicted molar refractivity (Wildman–Crippen MR) is 124 cm³/mol. The third kappa shape index (κ3) is 3.89. The van der Waals surface area contributed by atoms with E-state index in [1.165, 1.54) is 0 Å². The predicted octanol–water partition coefficient (Wildman–Crippen LogP) is 5.81. The highest BCUT2D eigenvalue weighted by Crippen LogP contribution is 2.32. The van der Waals surface area contributed by atoms with Crippen molar-refractivity contribution >= 4 is 34.1 Å². The lowest BCUT2D eigenvalue weighted by Gasteiger charge is -2.11. The molecule has 5 rings (SSSR count). The van der Waals surface area contributed by atoms with E-state index in [2.05, 4.69) is 43.8 Å². The number of furan rings is 1. The number of hydrogen-bond donors (Lipinski definition) is 3. The first-order chi connectivity index (χ1) is 15.7. The Hall–Kier alpha value is -4.57. The summed E-state index contributed by atoms with van der Waals surface area (Å²) in [6.45, 7) is 2.03. The molecule has 0 atom stereocenters. The van der Waals surface area contributed by atoms with Crippen LogP contribution < -0.4 is 10.6 Å². The number of nitrogens with zero attached hydrogens (tertiary/aromatic N) is 3. The molecule has 7 heteroatoms. The molecular formula is C25H20N6O. The molecule has 0 spiro atoms. The average Bonchev–Trinajstić information content (AvgIpc) is 3.47. The summed E-state index contributed by atoms with van der Waals surface area (Å²) in [6.07, 6.45) is 6.24. The van der Waals surface area contributed by atoms with Gasteiger partial charge in [-0.25, -0.2) is 4.98 Å². The molecule has 0 aliphatic carbocycles. The molecule has 0 amide bonds. The van der Waals surface area contributed by atoms with Crippen LogP contribution in [0.1, 0.15) is 22.4 Å². The number of aryl methyl sites for hydroxylation is 1. The Morgan fingerprint density at radius 3 is 2.72 bits per heavy atom. The maximum Gasteiger partial charge on any atom is 0.229 e. The summed E-state index contributed by atoms with van der Waals surface area (Å²) in [7, 11) is 0. The lowest BCUT2D eigenvalue weighted by atomic mass is 10.1. The van der Waals surface area contributed by atoms with Crippen molar-refractivity contribution in [2.24, 2.45) is 0 Å². The van der Waals surface area contributed by atoms with E-state index < -0.39 is 0 Å². The highest BCUT2D eigenvalue weighted by atomic mass is 16.3. The Kier molecular flexibility index (Phi) is 5.02. The van der Waals surface area contributed by atoms with Gasteiger partial charge in [-0.05, 0) is 61.5 Å². The molecule has 156 valence electrons. The van der Waals surface area contributed by atoms with Gasteiger partial charge in [0.15, 0.2) is 0 Å². The van der Waals surface area contributed by atoms with Gasteiger partial charge in [0, 0.05) is 52.4 Å². The zero-order valence-corrected chi connectivity index (χ0v) is 17.4. The third-order valence-corrected chi connectivity index (χ3v) is 5.30. The van der Waals surface area contributed by atoms with E-state index >= 15 is 0 Å². The van der Waals surface area contributed by atoms with E-state index in [0.717, 1.165) is 45.6 Å². The smallest absolute Gasteiger partial charge is 0.229 e. The van der Waals surface area contributed by atoms with Crippen LogP contribution in [0.4, 0.5) is 23.1 Å². The van der Waals surface area contributed by atoms with Crippen molar-refractivity contribution in [3.05, 3.63) is 95.6 Å². The lowest BCUT2D eigenvalue weighted by Crippen LogP contribution is -2.01. The van der Waals surface area contributed by atoms with Crippen molar-refractivity contribution in [1.82, 2.24) is 15.0 Å². The summed E-state index contributed by atoms with van der Waals surface area (Å²) in [5.74, 6) is 1.13. The van der Waals surface area contributed by atoms with Crippen molar-refractivity contribution in [1.29, 1.82) is 5.26 Å². The van der Waals surface area contributed by atoms with Crippen LogP contribution in [-0.2, 0) is 6.42 Å². The van der Waals surface area contributed by atoms with E-state index in [9.17, 15) is 0 Å². The first kappa shape index (κ1) is 19.4. The van der Waals surface area contributed by atoms with Crippen molar-refractivity contribution in [2.45, 2.75) is 13.3 Å². The van der Waals surface area contributed by atoms with Gasteiger partial charge in [0.25, 0.3) is 0 Å². The van der Waals surface area contributed by atoms with Gasteiger partial charge in [0.05, 0.1) is 17.9 Å². The minimum Gasteiger partial charge on any atom is -0.464 e. The van der Waals surface area contributed by atoms with Crippen LogP contribution in [0.2, 0.25) is 0 Å². The van der Waals surface area contributed by atoms with Gasteiger partial charge < -0.3 is 20.0 Å². The molecule has 5 aromatic rings. The number of aromatic amines is 1. The van der Waals surface area contributed by atoms with E-state index in [-0.39, 0.29) is 0 Å². The fourth-order valence-electron chi connectivity index (χ4n) is 3.63. The van der Waals surface area contributed by atoms with Crippen LogP contribution in [0.25, 0.3) is 11.0 Å². The summed E-state index contributed by atoms with van der Waals surface area (Å²) >= 11 is 0. The Balaban J connectivity index is 1.36. The molecular weight excluding hydrogens is 400 g/mol. The second-order valence-electron chi connectivity index (χ2n) is 7.45. The number of hydrogen-bond acceptors (Lipinski definition) is 6. The standard InChI is InChI=1S/C25H20N6O/c1-16-22(9-8-21-18(15-32-24(16)21)13-20-3-2-11-27-20)30-23-10-12-28-25(31-23)29-19-6-4-17(14-26)5-7-19/h2-12,15,27H,13H2,1H3,(H2,28,29,30,31).